The molecule has 1 aliphatic rings. The molecule has 92 valence electrons. The van der Waals surface area contributed by atoms with Crippen LogP contribution in [0.25, 0.3) is 0 Å². The van der Waals surface area contributed by atoms with Gasteiger partial charge < -0.3 is 5.32 Å². The van der Waals surface area contributed by atoms with Gasteiger partial charge in [0.05, 0.1) is 16.8 Å². The van der Waals surface area contributed by atoms with Crippen molar-refractivity contribution < 1.29 is 8.78 Å². The molecule has 1 atom stereocenters. The molecule has 2 aromatic rings. The van der Waals surface area contributed by atoms with Crippen LogP contribution in [0.2, 0.25) is 5.02 Å². The molecule has 1 nitrogen and oxygen atoms in total. The molecule has 18 heavy (non-hydrogen) atoms. The number of rotatable bonds is 1. The molecular weight excluding hydrogens is 256 g/mol. The maximum Gasteiger partial charge on any atom is 0.126 e. The quantitative estimate of drug-likeness (QED) is 0.809. The molecule has 2 aromatic carbocycles. The van der Waals surface area contributed by atoms with Crippen LogP contribution in [0.3, 0.4) is 0 Å². The zero-order valence-corrected chi connectivity index (χ0v) is 10.1. The van der Waals surface area contributed by atoms with Crippen molar-refractivity contribution in [2.45, 2.75) is 12.5 Å². The molecule has 1 heterocycles. The number of halogens is 3. The van der Waals surface area contributed by atoms with E-state index in [9.17, 15) is 8.78 Å². The molecule has 0 bridgehead atoms. The Balaban J connectivity index is 1.96. The highest BCUT2D eigenvalue weighted by Crippen LogP contribution is 2.38. The van der Waals surface area contributed by atoms with E-state index in [-0.39, 0.29) is 6.04 Å². The third kappa shape index (κ3) is 1.95. The lowest BCUT2D eigenvalue weighted by Crippen LogP contribution is -2.06. The van der Waals surface area contributed by atoms with E-state index >= 15 is 0 Å². The predicted molar refractivity (Wildman–Crippen MR) is 67.9 cm³/mol. The summed E-state index contributed by atoms with van der Waals surface area (Å²) in [6.45, 7) is 0. The van der Waals surface area contributed by atoms with Crippen molar-refractivity contribution in [2.24, 2.45) is 0 Å². The molecule has 0 aliphatic carbocycles. The second-order valence-corrected chi connectivity index (χ2v) is 4.78. The van der Waals surface area contributed by atoms with E-state index in [0.29, 0.717) is 17.0 Å². The molecule has 0 radical (unpaired) electrons. The number of hydrogen-bond donors (Lipinski definition) is 1. The maximum absolute atomic E-state index is 13.2. The molecule has 0 saturated carbocycles. The molecule has 0 spiro atoms. The largest absolute Gasteiger partial charge is 0.376 e. The van der Waals surface area contributed by atoms with E-state index < -0.39 is 11.6 Å². The third-order valence-electron chi connectivity index (χ3n) is 3.13. The minimum atomic E-state index is -0.561. The van der Waals surface area contributed by atoms with Crippen molar-refractivity contribution in [3.05, 3.63) is 64.2 Å². The van der Waals surface area contributed by atoms with Crippen molar-refractivity contribution in [2.75, 3.05) is 5.32 Å². The third-order valence-corrected chi connectivity index (χ3v) is 3.44. The summed E-state index contributed by atoms with van der Waals surface area (Å²) in [4.78, 5) is 0. The van der Waals surface area contributed by atoms with Gasteiger partial charge in [0.15, 0.2) is 0 Å². The normalized spacial score (nSPS) is 17.4. The van der Waals surface area contributed by atoms with Crippen molar-refractivity contribution >= 4 is 17.3 Å². The Morgan fingerprint density at radius 2 is 1.83 bits per heavy atom. The Morgan fingerprint density at radius 1 is 1.11 bits per heavy atom. The molecule has 0 saturated heterocycles. The second-order valence-electron chi connectivity index (χ2n) is 4.38. The lowest BCUT2D eigenvalue weighted by molar-refractivity contribution is 0.576. The summed E-state index contributed by atoms with van der Waals surface area (Å²) in [5.74, 6) is -1.12. The summed E-state index contributed by atoms with van der Waals surface area (Å²) in [6, 6.07) is 9.06. The van der Waals surface area contributed by atoms with Crippen LogP contribution in [0.5, 0.6) is 0 Å². The number of fused-ring (bicyclic) bond motifs is 1. The summed E-state index contributed by atoms with van der Waals surface area (Å²) in [6.07, 6.45) is 0.679. The molecule has 0 aromatic heterocycles. The fourth-order valence-electron chi connectivity index (χ4n) is 2.32. The van der Waals surface area contributed by atoms with Crippen molar-refractivity contribution in [1.82, 2.24) is 0 Å². The average molecular weight is 266 g/mol. The molecule has 4 heteroatoms. The molecular formula is C14H10ClF2N. The Kier molecular flexibility index (Phi) is 2.71. The number of nitrogens with one attached hydrogen (secondary N) is 1. The Labute approximate surface area is 108 Å². The van der Waals surface area contributed by atoms with Gasteiger partial charge in [0.2, 0.25) is 0 Å². The van der Waals surface area contributed by atoms with E-state index in [4.69, 9.17) is 11.6 Å². The first-order valence-electron chi connectivity index (χ1n) is 5.63. The monoisotopic (exact) mass is 265 g/mol. The van der Waals surface area contributed by atoms with Crippen molar-refractivity contribution in [3.8, 4) is 0 Å². The molecule has 1 aliphatic heterocycles. The van der Waals surface area contributed by atoms with Crippen LogP contribution in [-0.2, 0) is 6.42 Å². The first-order chi connectivity index (χ1) is 8.63. The van der Waals surface area contributed by atoms with Crippen molar-refractivity contribution in [1.29, 1.82) is 0 Å². The molecule has 0 fully saturated rings. The number of benzene rings is 2. The first-order valence-corrected chi connectivity index (χ1v) is 6.01. The van der Waals surface area contributed by atoms with Gasteiger partial charge in [-0.3, -0.25) is 0 Å². The van der Waals surface area contributed by atoms with E-state index in [0.717, 1.165) is 17.3 Å². The minimum Gasteiger partial charge on any atom is -0.376 e. The van der Waals surface area contributed by atoms with Gasteiger partial charge in [0.25, 0.3) is 0 Å². The second kappa shape index (κ2) is 4.25. The van der Waals surface area contributed by atoms with Gasteiger partial charge in [0.1, 0.15) is 11.6 Å². The zero-order valence-electron chi connectivity index (χ0n) is 9.38. The van der Waals surface area contributed by atoms with Gasteiger partial charge >= 0.3 is 0 Å². The molecule has 0 amide bonds. The van der Waals surface area contributed by atoms with Crippen LogP contribution in [-0.4, -0.2) is 0 Å². The summed E-state index contributed by atoms with van der Waals surface area (Å²) in [5, 5.41) is 3.84. The topological polar surface area (TPSA) is 12.0 Å². The Morgan fingerprint density at radius 3 is 2.50 bits per heavy atom. The van der Waals surface area contributed by atoms with Gasteiger partial charge in [-0.05, 0) is 35.7 Å². The Bertz CT molecular complexity index is 592. The summed E-state index contributed by atoms with van der Waals surface area (Å²) >= 11 is 6.07. The minimum absolute atomic E-state index is 0.134. The highest BCUT2D eigenvalue weighted by Gasteiger charge is 2.24. The van der Waals surface area contributed by atoms with Crippen LogP contribution in [0, 0.1) is 11.6 Å². The highest BCUT2D eigenvalue weighted by atomic mass is 35.5. The average Bonchev–Trinajstić information content (AvgIpc) is 2.73. The van der Waals surface area contributed by atoms with E-state index in [1.54, 1.807) is 6.07 Å². The van der Waals surface area contributed by atoms with E-state index in [1.165, 1.54) is 12.1 Å². The first kappa shape index (κ1) is 11.5. The maximum atomic E-state index is 13.2. The number of anilines is 1. The predicted octanol–water partition coefficient (Wildman–Crippen LogP) is 4.33. The van der Waals surface area contributed by atoms with E-state index in [1.807, 2.05) is 12.1 Å². The fraction of sp³-hybridized carbons (Fsp3) is 0.143. The van der Waals surface area contributed by atoms with Crippen LogP contribution in [0.15, 0.2) is 36.4 Å². The summed E-state index contributed by atoms with van der Waals surface area (Å²) < 4.78 is 26.4. The number of hydrogen-bond acceptors (Lipinski definition) is 1. The zero-order chi connectivity index (χ0) is 12.7. The molecule has 1 N–H and O–H groups in total. The lowest BCUT2D eigenvalue weighted by Gasteiger charge is -2.12. The van der Waals surface area contributed by atoms with Crippen molar-refractivity contribution in [3.63, 3.8) is 0 Å². The lowest BCUT2D eigenvalue weighted by atomic mass is 10.0. The summed E-state index contributed by atoms with van der Waals surface area (Å²) in [5.41, 5.74) is 2.52. The standard InChI is InChI=1S/C14H10ClF2N/c15-12-3-1-2-8-6-13(18-14(8)12)9-4-10(16)7-11(17)5-9/h1-5,7,13,18H,6H2. The SMILES string of the molecule is Fc1cc(F)cc(C2Cc3cccc(Cl)c3N2)c1. The Hall–Kier alpha value is -1.61. The molecule has 1 unspecified atom stereocenters. The van der Waals surface area contributed by atoms with Gasteiger partial charge in [-0.1, -0.05) is 23.7 Å². The van der Waals surface area contributed by atoms with Gasteiger partial charge in [-0.25, -0.2) is 8.78 Å². The fourth-order valence-corrected chi connectivity index (χ4v) is 2.57. The van der Waals surface area contributed by atoms with Crippen LogP contribution in [0.4, 0.5) is 14.5 Å². The van der Waals surface area contributed by atoms with Gasteiger partial charge in [-0.2, -0.15) is 0 Å². The van der Waals surface area contributed by atoms with Crippen LogP contribution < -0.4 is 5.32 Å². The highest BCUT2D eigenvalue weighted by molar-refractivity contribution is 6.33. The smallest absolute Gasteiger partial charge is 0.126 e. The van der Waals surface area contributed by atoms with E-state index in [2.05, 4.69) is 5.32 Å². The molecule has 3 rings (SSSR count). The number of para-hydroxylation sites is 1. The van der Waals surface area contributed by atoms with Crippen LogP contribution in [0.1, 0.15) is 17.2 Å². The van der Waals surface area contributed by atoms with Gasteiger partial charge in [0, 0.05) is 6.07 Å². The van der Waals surface area contributed by atoms with Gasteiger partial charge in [-0.15, -0.1) is 0 Å². The summed E-state index contributed by atoms with van der Waals surface area (Å²) in [7, 11) is 0. The van der Waals surface area contributed by atoms with Crippen LogP contribution >= 0.6 is 11.6 Å².